The molecule has 2 aromatic rings. The van der Waals surface area contributed by atoms with Crippen LogP contribution in [-0.2, 0) is 13.5 Å². The average molecular weight is 306 g/mol. The number of hydrogen-bond donors (Lipinski definition) is 2. The van der Waals surface area contributed by atoms with Gasteiger partial charge in [0.05, 0.1) is 12.2 Å². The van der Waals surface area contributed by atoms with E-state index in [1.54, 1.807) is 16.0 Å². The number of thiophene rings is 1. The lowest BCUT2D eigenvalue weighted by Gasteiger charge is -2.21. The van der Waals surface area contributed by atoms with Crippen molar-refractivity contribution in [2.75, 3.05) is 6.54 Å². The van der Waals surface area contributed by atoms with Crippen LogP contribution in [0.15, 0.2) is 29.9 Å². The Kier molecular flexibility index (Phi) is 5.38. The van der Waals surface area contributed by atoms with Gasteiger partial charge in [0.1, 0.15) is 0 Å². The maximum atomic E-state index is 12.0. The summed E-state index contributed by atoms with van der Waals surface area (Å²) in [5.41, 5.74) is 1.12. The van der Waals surface area contributed by atoms with Crippen LogP contribution in [0.4, 0.5) is 4.79 Å². The van der Waals surface area contributed by atoms with Crippen LogP contribution in [0, 0.1) is 5.92 Å². The van der Waals surface area contributed by atoms with E-state index in [1.807, 2.05) is 30.9 Å². The Balaban J connectivity index is 1.80. The van der Waals surface area contributed by atoms with Crippen LogP contribution in [-0.4, -0.2) is 22.4 Å². The third-order valence-electron chi connectivity index (χ3n) is 3.26. The number of aromatic nitrogens is 2. The van der Waals surface area contributed by atoms with Crippen molar-refractivity contribution in [1.29, 1.82) is 0 Å². The summed E-state index contributed by atoms with van der Waals surface area (Å²) >= 11 is 1.67. The SMILES string of the molecule is CC(C)C(NC(=O)NCCc1cnn(C)c1)c1cccs1. The Bertz CT molecular complexity index is 562. The first-order valence-electron chi connectivity index (χ1n) is 7.11. The fourth-order valence-electron chi connectivity index (χ4n) is 2.15. The van der Waals surface area contributed by atoms with E-state index >= 15 is 0 Å². The van der Waals surface area contributed by atoms with Gasteiger partial charge in [0.15, 0.2) is 0 Å². The first-order chi connectivity index (χ1) is 10.1. The summed E-state index contributed by atoms with van der Waals surface area (Å²) in [6, 6.07) is 4.01. The lowest BCUT2D eigenvalue weighted by Crippen LogP contribution is -2.40. The van der Waals surface area contributed by atoms with Crippen molar-refractivity contribution in [2.45, 2.75) is 26.3 Å². The molecule has 0 aromatic carbocycles. The van der Waals surface area contributed by atoms with Gasteiger partial charge < -0.3 is 10.6 Å². The van der Waals surface area contributed by atoms with Crippen molar-refractivity contribution in [1.82, 2.24) is 20.4 Å². The maximum Gasteiger partial charge on any atom is 0.315 e. The molecule has 114 valence electrons. The molecule has 0 fully saturated rings. The van der Waals surface area contributed by atoms with E-state index in [0.29, 0.717) is 12.5 Å². The molecule has 1 unspecified atom stereocenters. The number of rotatable bonds is 6. The molecule has 0 bridgehead atoms. The third-order valence-corrected chi connectivity index (χ3v) is 4.22. The van der Waals surface area contributed by atoms with E-state index in [4.69, 9.17) is 0 Å². The average Bonchev–Trinajstić information content (AvgIpc) is 3.07. The first kappa shape index (κ1) is 15.6. The topological polar surface area (TPSA) is 59.0 Å². The van der Waals surface area contributed by atoms with Crippen molar-refractivity contribution in [3.8, 4) is 0 Å². The first-order valence-corrected chi connectivity index (χ1v) is 7.99. The highest BCUT2D eigenvalue weighted by atomic mass is 32.1. The zero-order valence-corrected chi connectivity index (χ0v) is 13.5. The van der Waals surface area contributed by atoms with Crippen LogP contribution in [0.25, 0.3) is 0 Å². The summed E-state index contributed by atoms with van der Waals surface area (Å²) in [5, 5.41) is 12.1. The van der Waals surface area contributed by atoms with E-state index in [-0.39, 0.29) is 12.1 Å². The molecule has 2 rings (SSSR count). The lowest BCUT2D eigenvalue weighted by molar-refractivity contribution is 0.233. The number of carbonyl (C=O) groups is 1. The molecule has 5 nitrogen and oxygen atoms in total. The van der Waals surface area contributed by atoms with Gasteiger partial charge in [-0.2, -0.15) is 5.10 Å². The van der Waals surface area contributed by atoms with Gasteiger partial charge in [-0.3, -0.25) is 4.68 Å². The van der Waals surface area contributed by atoms with Gasteiger partial charge in [0, 0.05) is 24.7 Å². The van der Waals surface area contributed by atoms with Crippen LogP contribution in [0.5, 0.6) is 0 Å². The van der Waals surface area contributed by atoms with E-state index in [9.17, 15) is 4.79 Å². The van der Waals surface area contributed by atoms with E-state index in [2.05, 4.69) is 35.6 Å². The van der Waals surface area contributed by atoms with Crippen molar-refractivity contribution in [3.63, 3.8) is 0 Å². The highest BCUT2D eigenvalue weighted by Gasteiger charge is 2.18. The van der Waals surface area contributed by atoms with Crippen LogP contribution in [0.3, 0.4) is 0 Å². The Morgan fingerprint density at radius 2 is 2.29 bits per heavy atom. The zero-order valence-electron chi connectivity index (χ0n) is 12.7. The number of hydrogen-bond acceptors (Lipinski definition) is 3. The molecule has 0 aliphatic carbocycles. The normalized spacial score (nSPS) is 12.4. The summed E-state index contributed by atoms with van der Waals surface area (Å²) in [6.07, 6.45) is 4.57. The van der Waals surface area contributed by atoms with Crippen LogP contribution in [0.2, 0.25) is 0 Å². The molecule has 0 radical (unpaired) electrons. The minimum atomic E-state index is -0.119. The van der Waals surface area contributed by atoms with Gasteiger partial charge in [-0.05, 0) is 29.3 Å². The molecule has 0 aliphatic rings. The summed E-state index contributed by atoms with van der Waals surface area (Å²) in [4.78, 5) is 13.2. The summed E-state index contributed by atoms with van der Waals surface area (Å²) in [6.45, 7) is 4.83. The fourth-order valence-corrected chi connectivity index (χ4v) is 3.10. The smallest absolute Gasteiger partial charge is 0.315 e. The molecular weight excluding hydrogens is 284 g/mol. The predicted octanol–water partition coefficient (Wildman–Crippen LogP) is 2.72. The van der Waals surface area contributed by atoms with Gasteiger partial charge >= 0.3 is 6.03 Å². The van der Waals surface area contributed by atoms with Crippen molar-refractivity contribution < 1.29 is 4.79 Å². The standard InChI is InChI=1S/C15H22N4OS/c1-11(2)14(13-5-4-8-21-13)18-15(20)16-7-6-12-9-17-19(3)10-12/h4-5,8-11,14H,6-7H2,1-3H3,(H2,16,18,20). The van der Waals surface area contributed by atoms with E-state index < -0.39 is 0 Å². The number of carbonyl (C=O) groups excluding carboxylic acids is 1. The van der Waals surface area contributed by atoms with Crippen molar-refractivity contribution in [3.05, 3.63) is 40.3 Å². The fraction of sp³-hybridized carbons (Fsp3) is 0.467. The van der Waals surface area contributed by atoms with Gasteiger partial charge in [0.2, 0.25) is 0 Å². The largest absolute Gasteiger partial charge is 0.338 e. The van der Waals surface area contributed by atoms with Crippen molar-refractivity contribution >= 4 is 17.4 Å². The number of aryl methyl sites for hydroxylation is 1. The third kappa shape index (κ3) is 4.60. The summed E-state index contributed by atoms with van der Waals surface area (Å²) < 4.78 is 1.76. The summed E-state index contributed by atoms with van der Waals surface area (Å²) in [5.74, 6) is 0.354. The second kappa shape index (κ2) is 7.26. The number of urea groups is 1. The van der Waals surface area contributed by atoms with Crippen LogP contribution in [0.1, 0.15) is 30.3 Å². The molecule has 0 spiro atoms. The monoisotopic (exact) mass is 306 g/mol. The predicted molar refractivity (Wildman–Crippen MR) is 85.3 cm³/mol. The molecule has 6 heteroatoms. The van der Waals surface area contributed by atoms with Gasteiger partial charge in [-0.1, -0.05) is 19.9 Å². The Morgan fingerprint density at radius 1 is 1.48 bits per heavy atom. The van der Waals surface area contributed by atoms with Crippen LogP contribution >= 0.6 is 11.3 Å². The molecule has 21 heavy (non-hydrogen) atoms. The molecular formula is C15H22N4OS. The Morgan fingerprint density at radius 3 is 2.86 bits per heavy atom. The quantitative estimate of drug-likeness (QED) is 0.862. The maximum absolute atomic E-state index is 12.0. The van der Waals surface area contributed by atoms with E-state index in [1.165, 1.54) is 4.88 Å². The molecule has 0 saturated heterocycles. The van der Waals surface area contributed by atoms with Gasteiger partial charge in [0.25, 0.3) is 0 Å². The minimum absolute atomic E-state index is 0.0587. The Hall–Kier alpha value is -1.82. The van der Waals surface area contributed by atoms with Gasteiger partial charge in [-0.25, -0.2) is 4.79 Å². The second-order valence-corrected chi connectivity index (χ2v) is 6.39. The number of nitrogens with zero attached hydrogens (tertiary/aromatic N) is 2. The minimum Gasteiger partial charge on any atom is -0.338 e. The second-order valence-electron chi connectivity index (χ2n) is 5.41. The Labute approximate surface area is 129 Å². The highest BCUT2D eigenvalue weighted by molar-refractivity contribution is 7.10. The highest BCUT2D eigenvalue weighted by Crippen LogP contribution is 2.25. The molecule has 0 saturated carbocycles. The lowest BCUT2D eigenvalue weighted by atomic mass is 10.0. The molecule has 2 N–H and O–H groups in total. The van der Waals surface area contributed by atoms with Gasteiger partial charge in [-0.15, -0.1) is 11.3 Å². The number of amides is 2. The van der Waals surface area contributed by atoms with Crippen LogP contribution < -0.4 is 10.6 Å². The van der Waals surface area contributed by atoms with E-state index in [0.717, 1.165) is 12.0 Å². The van der Waals surface area contributed by atoms with Crippen molar-refractivity contribution in [2.24, 2.45) is 13.0 Å². The number of nitrogens with one attached hydrogen (secondary N) is 2. The molecule has 2 aromatic heterocycles. The molecule has 2 amide bonds. The molecule has 0 aliphatic heterocycles. The molecule has 1 atom stereocenters. The molecule has 2 heterocycles. The summed E-state index contributed by atoms with van der Waals surface area (Å²) in [7, 11) is 1.89. The zero-order chi connectivity index (χ0) is 15.2.